The van der Waals surface area contributed by atoms with Crippen molar-refractivity contribution in [1.82, 2.24) is 0 Å². The van der Waals surface area contributed by atoms with Crippen LogP contribution in [0.4, 0.5) is 11.4 Å². The molecule has 19 heavy (non-hydrogen) atoms. The molecule has 3 nitrogen and oxygen atoms in total. The molecule has 0 aliphatic heterocycles. The van der Waals surface area contributed by atoms with E-state index in [0.29, 0.717) is 5.11 Å². The molecular formula is C14H14N2OS2. The van der Waals surface area contributed by atoms with Crippen molar-refractivity contribution in [2.45, 2.75) is 4.90 Å². The topological polar surface area (TPSA) is 33.3 Å². The van der Waals surface area contributed by atoms with Gasteiger partial charge in [0.15, 0.2) is 5.11 Å². The molecule has 0 radical (unpaired) electrons. The van der Waals surface area contributed by atoms with Crippen LogP contribution < -0.4 is 15.4 Å². The minimum Gasteiger partial charge on any atom is -0.497 e. The van der Waals surface area contributed by atoms with Gasteiger partial charge in [0.25, 0.3) is 0 Å². The van der Waals surface area contributed by atoms with Gasteiger partial charge in [-0.05, 0) is 48.6 Å². The minimum atomic E-state index is 0.520. The van der Waals surface area contributed by atoms with Gasteiger partial charge in [0, 0.05) is 10.6 Å². The van der Waals surface area contributed by atoms with Crippen molar-refractivity contribution in [3.05, 3.63) is 48.5 Å². The smallest absolute Gasteiger partial charge is 0.175 e. The van der Waals surface area contributed by atoms with E-state index in [9.17, 15) is 0 Å². The van der Waals surface area contributed by atoms with Gasteiger partial charge in [0.2, 0.25) is 0 Å². The van der Waals surface area contributed by atoms with Gasteiger partial charge in [0.1, 0.15) is 5.75 Å². The van der Waals surface area contributed by atoms with Crippen LogP contribution >= 0.6 is 24.8 Å². The Kier molecular flexibility index (Phi) is 4.65. The van der Waals surface area contributed by atoms with E-state index in [0.717, 1.165) is 22.0 Å². The lowest BCUT2D eigenvalue weighted by Crippen LogP contribution is -2.19. The number of hydrogen-bond donors (Lipinski definition) is 3. The van der Waals surface area contributed by atoms with Crippen molar-refractivity contribution in [2.75, 3.05) is 17.7 Å². The van der Waals surface area contributed by atoms with E-state index in [1.54, 1.807) is 7.11 Å². The summed E-state index contributed by atoms with van der Waals surface area (Å²) >= 11 is 9.61. The first-order valence-corrected chi connectivity index (χ1v) is 6.54. The molecule has 2 aromatic rings. The van der Waals surface area contributed by atoms with Crippen LogP contribution in [-0.4, -0.2) is 12.2 Å². The molecule has 2 N–H and O–H groups in total. The van der Waals surface area contributed by atoms with Crippen LogP contribution in [-0.2, 0) is 0 Å². The summed E-state index contributed by atoms with van der Waals surface area (Å²) in [6.45, 7) is 0. The summed E-state index contributed by atoms with van der Waals surface area (Å²) in [6, 6.07) is 15.2. The van der Waals surface area contributed by atoms with Crippen LogP contribution in [0.15, 0.2) is 53.4 Å². The molecule has 0 fully saturated rings. The molecule has 0 aliphatic rings. The van der Waals surface area contributed by atoms with Crippen LogP contribution in [0.1, 0.15) is 0 Å². The number of anilines is 2. The third-order valence-corrected chi connectivity index (χ3v) is 3.09. The molecule has 0 aromatic heterocycles. The van der Waals surface area contributed by atoms with Crippen molar-refractivity contribution in [3.63, 3.8) is 0 Å². The molecule has 0 heterocycles. The fraction of sp³-hybridized carbons (Fsp3) is 0.0714. The van der Waals surface area contributed by atoms with Crippen molar-refractivity contribution < 1.29 is 4.74 Å². The Morgan fingerprint density at radius 2 is 1.74 bits per heavy atom. The molecule has 0 saturated carbocycles. The second-order valence-corrected chi connectivity index (χ2v) is 4.71. The first kappa shape index (κ1) is 13.7. The van der Waals surface area contributed by atoms with Gasteiger partial charge in [-0.1, -0.05) is 12.1 Å². The molecule has 0 unspecified atom stereocenters. The highest BCUT2D eigenvalue weighted by Crippen LogP contribution is 2.19. The molecule has 0 atom stereocenters. The zero-order valence-electron chi connectivity index (χ0n) is 10.4. The number of ether oxygens (including phenoxy) is 1. The maximum atomic E-state index is 5.25. The summed E-state index contributed by atoms with van der Waals surface area (Å²) in [4.78, 5) is 0.849. The monoisotopic (exact) mass is 290 g/mol. The van der Waals surface area contributed by atoms with E-state index >= 15 is 0 Å². The predicted molar refractivity (Wildman–Crippen MR) is 86.5 cm³/mol. The first-order valence-electron chi connectivity index (χ1n) is 5.69. The molecule has 5 heteroatoms. The highest BCUT2D eigenvalue weighted by Gasteiger charge is 2.01. The van der Waals surface area contributed by atoms with Gasteiger partial charge < -0.3 is 15.4 Å². The highest BCUT2D eigenvalue weighted by atomic mass is 32.1. The van der Waals surface area contributed by atoms with Crippen LogP contribution in [0.2, 0.25) is 0 Å². The zero-order valence-corrected chi connectivity index (χ0v) is 12.1. The molecule has 0 bridgehead atoms. The fourth-order valence-corrected chi connectivity index (χ4v) is 1.98. The van der Waals surface area contributed by atoms with Gasteiger partial charge in [-0.25, -0.2) is 0 Å². The van der Waals surface area contributed by atoms with E-state index in [-0.39, 0.29) is 0 Å². The minimum absolute atomic E-state index is 0.520. The number of benzene rings is 2. The Morgan fingerprint density at radius 1 is 1.05 bits per heavy atom. The highest BCUT2D eigenvalue weighted by molar-refractivity contribution is 7.81. The van der Waals surface area contributed by atoms with Crippen molar-refractivity contribution >= 4 is 41.3 Å². The summed E-state index contributed by atoms with van der Waals surface area (Å²) in [7, 11) is 1.64. The predicted octanol–water partition coefficient (Wildman–Crippen LogP) is 3.79. The maximum absolute atomic E-state index is 5.25. The molecule has 0 spiro atoms. The summed E-state index contributed by atoms with van der Waals surface area (Å²) in [5.41, 5.74) is 1.77. The number of methoxy groups -OCH3 is 1. The molecule has 0 saturated heterocycles. The van der Waals surface area contributed by atoms with Gasteiger partial charge in [-0.2, -0.15) is 0 Å². The molecule has 0 aliphatic carbocycles. The summed E-state index contributed by atoms with van der Waals surface area (Å²) < 4.78 is 5.10. The Morgan fingerprint density at radius 3 is 2.37 bits per heavy atom. The lowest BCUT2D eigenvalue weighted by atomic mass is 10.3. The molecule has 98 valence electrons. The Hall–Kier alpha value is -1.72. The van der Waals surface area contributed by atoms with Gasteiger partial charge in [-0.3, -0.25) is 0 Å². The normalized spacial score (nSPS) is 9.79. The van der Waals surface area contributed by atoms with Crippen LogP contribution in [0, 0.1) is 0 Å². The number of nitrogens with one attached hydrogen (secondary N) is 2. The molecule has 0 amide bonds. The Labute approximate surface area is 123 Å². The first-order chi connectivity index (χ1) is 9.19. The second-order valence-electron chi connectivity index (χ2n) is 3.82. The number of thiocarbonyl (C=S) groups is 1. The summed E-state index contributed by atoms with van der Waals surface area (Å²) in [5, 5.41) is 6.72. The summed E-state index contributed by atoms with van der Waals surface area (Å²) in [6.07, 6.45) is 0. The van der Waals surface area contributed by atoms with Gasteiger partial charge in [0.05, 0.1) is 12.8 Å². The summed E-state index contributed by atoms with van der Waals surface area (Å²) in [5.74, 6) is 0.810. The lowest BCUT2D eigenvalue weighted by molar-refractivity contribution is 0.415. The third-order valence-electron chi connectivity index (χ3n) is 2.50. The molecule has 2 aromatic carbocycles. The quantitative estimate of drug-likeness (QED) is 0.593. The van der Waals surface area contributed by atoms with E-state index in [2.05, 4.69) is 23.3 Å². The van der Waals surface area contributed by atoms with E-state index in [4.69, 9.17) is 17.0 Å². The number of rotatable bonds is 3. The van der Waals surface area contributed by atoms with Crippen LogP contribution in [0.3, 0.4) is 0 Å². The van der Waals surface area contributed by atoms with Gasteiger partial charge in [-0.15, -0.1) is 12.6 Å². The Balaban J connectivity index is 1.99. The zero-order chi connectivity index (χ0) is 13.7. The average molecular weight is 290 g/mol. The largest absolute Gasteiger partial charge is 0.497 e. The van der Waals surface area contributed by atoms with Crippen molar-refractivity contribution in [3.8, 4) is 5.75 Å². The van der Waals surface area contributed by atoms with Crippen LogP contribution in [0.5, 0.6) is 5.75 Å². The maximum Gasteiger partial charge on any atom is 0.175 e. The molecule has 2 rings (SSSR count). The van der Waals surface area contributed by atoms with Crippen molar-refractivity contribution in [2.24, 2.45) is 0 Å². The lowest BCUT2D eigenvalue weighted by Gasteiger charge is -2.12. The number of para-hydroxylation sites is 1. The van der Waals surface area contributed by atoms with E-state index in [1.807, 2.05) is 48.5 Å². The SMILES string of the molecule is COc1ccc(NC(=S)Nc2ccccc2S)cc1. The standard InChI is InChI=1S/C14H14N2OS2/c1-17-11-8-6-10(7-9-11)15-14(19)16-12-4-2-3-5-13(12)18/h2-9,18H,1H3,(H2,15,16,19). The number of thiol groups is 1. The van der Waals surface area contributed by atoms with Crippen LogP contribution in [0.25, 0.3) is 0 Å². The second kappa shape index (κ2) is 6.45. The van der Waals surface area contributed by atoms with E-state index < -0.39 is 0 Å². The average Bonchev–Trinajstić information content (AvgIpc) is 2.42. The number of hydrogen-bond acceptors (Lipinski definition) is 3. The van der Waals surface area contributed by atoms with Gasteiger partial charge >= 0.3 is 0 Å². The van der Waals surface area contributed by atoms with E-state index in [1.165, 1.54) is 0 Å². The fourth-order valence-electron chi connectivity index (χ4n) is 1.54. The Bertz CT molecular complexity index is 570. The molecular weight excluding hydrogens is 276 g/mol. The third kappa shape index (κ3) is 3.87. The van der Waals surface area contributed by atoms with Crippen molar-refractivity contribution in [1.29, 1.82) is 0 Å².